The van der Waals surface area contributed by atoms with Gasteiger partial charge in [-0.3, -0.25) is 9.59 Å². The second-order valence-corrected chi connectivity index (χ2v) is 4.54. The summed E-state index contributed by atoms with van der Waals surface area (Å²) in [4.78, 5) is 25.0. The van der Waals surface area contributed by atoms with Gasteiger partial charge in [-0.1, -0.05) is 24.6 Å². The normalized spacial score (nSPS) is 10.2. The number of carbonyl (C=O) groups excluding carboxylic acids is 2. The lowest BCUT2D eigenvalue weighted by Gasteiger charge is -2.21. The zero-order valence-electron chi connectivity index (χ0n) is 11.5. The minimum absolute atomic E-state index is 0.122. The van der Waals surface area contributed by atoms with E-state index >= 15 is 0 Å². The maximum absolute atomic E-state index is 13.8. The Hall–Kier alpha value is -1.62. The van der Waals surface area contributed by atoms with Crippen molar-refractivity contribution >= 4 is 23.5 Å². The lowest BCUT2D eigenvalue weighted by atomic mass is 10.1. The van der Waals surface area contributed by atoms with Crippen LogP contribution in [0.4, 0.5) is 4.39 Å². The average Bonchev–Trinajstić information content (AvgIpc) is 2.41. The summed E-state index contributed by atoms with van der Waals surface area (Å²) >= 11 is 5.66. The van der Waals surface area contributed by atoms with E-state index in [1.54, 1.807) is 6.92 Å². The number of rotatable bonds is 6. The van der Waals surface area contributed by atoms with Crippen molar-refractivity contribution in [3.8, 4) is 0 Å². The van der Waals surface area contributed by atoms with E-state index in [0.717, 1.165) is 0 Å². The van der Waals surface area contributed by atoms with Crippen molar-refractivity contribution in [2.24, 2.45) is 0 Å². The lowest BCUT2D eigenvalue weighted by molar-refractivity contribution is -0.143. The molecule has 1 aromatic carbocycles. The Morgan fingerprint density at radius 1 is 1.35 bits per heavy atom. The minimum atomic E-state index is -0.774. The van der Waals surface area contributed by atoms with Crippen molar-refractivity contribution < 1.29 is 18.7 Å². The van der Waals surface area contributed by atoms with Gasteiger partial charge in [-0.15, -0.1) is 0 Å². The molecule has 110 valence electrons. The highest BCUT2D eigenvalue weighted by atomic mass is 35.5. The minimum Gasteiger partial charge on any atom is -0.465 e. The van der Waals surface area contributed by atoms with Gasteiger partial charge in [0.25, 0.3) is 5.91 Å². The predicted molar refractivity (Wildman–Crippen MR) is 74.2 cm³/mol. The summed E-state index contributed by atoms with van der Waals surface area (Å²) in [6.45, 7) is 3.91. The molecule has 0 atom stereocenters. The van der Waals surface area contributed by atoms with Crippen molar-refractivity contribution in [3.05, 3.63) is 34.6 Å². The largest absolute Gasteiger partial charge is 0.465 e. The van der Waals surface area contributed by atoms with Gasteiger partial charge in [0.15, 0.2) is 5.82 Å². The van der Waals surface area contributed by atoms with Crippen molar-refractivity contribution in [3.63, 3.8) is 0 Å². The number of hydrogen-bond donors (Lipinski definition) is 0. The molecule has 0 spiro atoms. The van der Waals surface area contributed by atoms with E-state index in [-0.39, 0.29) is 23.7 Å². The van der Waals surface area contributed by atoms with Crippen LogP contribution < -0.4 is 0 Å². The molecular weight excluding hydrogens is 285 g/mol. The number of esters is 1. The van der Waals surface area contributed by atoms with Gasteiger partial charge in [0.1, 0.15) is 6.54 Å². The molecule has 1 rings (SSSR count). The fourth-order valence-electron chi connectivity index (χ4n) is 1.72. The van der Waals surface area contributed by atoms with Crippen LogP contribution in [-0.2, 0) is 9.53 Å². The summed E-state index contributed by atoms with van der Waals surface area (Å²) in [5.74, 6) is -1.86. The van der Waals surface area contributed by atoms with Gasteiger partial charge in [-0.2, -0.15) is 0 Å². The third-order valence-electron chi connectivity index (χ3n) is 2.59. The van der Waals surface area contributed by atoms with Crippen LogP contribution in [0.15, 0.2) is 18.2 Å². The Kier molecular flexibility index (Phi) is 6.45. The zero-order chi connectivity index (χ0) is 15.1. The highest BCUT2D eigenvalue weighted by Crippen LogP contribution is 2.19. The van der Waals surface area contributed by atoms with Gasteiger partial charge < -0.3 is 9.64 Å². The summed E-state index contributed by atoms with van der Waals surface area (Å²) in [5, 5.41) is -0.122. The van der Waals surface area contributed by atoms with Crippen molar-refractivity contribution in [2.45, 2.75) is 20.3 Å². The standard InChI is InChI=1S/C14H17ClFNO3/c1-3-8-17(9-12(18)20-4-2)14(19)10-6-5-7-11(15)13(10)16/h5-7H,3-4,8-9H2,1-2H3. The molecule has 0 aliphatic rings. The molecule has 1 aromatic rings. The first kappa shape index (κ1) is 16.4. The van der Waals surface area contributed by atoms with Crippen LogP contribution in [0, 0.1) is 5.82 Å². The number of halogens is 2. The van der Waals surface area contributed by atoms with Crippen LogP contribution in [0.1, 0.15) is 30.6 Å². The van der Waals surface area contributed by atoms with Gasteiger partial charge in [0, 0.05) is 6.54 Å². The fraction of sp³-hybridized carbons (Fsp3) is 0.429. The first-order chi connectivity index (χ1) is 9.51. The molecule has 0 aliphatic heterocycles. The van der Waals surface area contributed by atoms with Crippen LogP contribution in [0.5, 0.6) is 0 Å². The first-order valence-corrected chi connectivity index (χ1v) is 6.77. The summed E-state index contributed by atoms with van der Waals surface area (Å²) < 4.78 is 18.6. The molecule has 0 aromatic heterocycles. The van der Waals surface area contributed by atoms with Crippen LogP contribution >= 0.6 is 11.6 Å². The molecule has 0 unspecified atom stereocenters. The van der Waals surface area contributed by atoms with E-state index in [4.69, 9.17) is 16.3 Å². The molecule has 0 aliphatic carbocycles. The number of ether oxygens (including phenoxy) is 1. The number of carbonyl (C=O) groups is 2. The second kappa shape index (κ2) is 7.85. The Morgan fingerprint density at radius 2 is 2.05 bits per heavy atom. The van der Waals surface area contributed by atoms with Crippen molar-refractivity contribution in [1.82, 2.24) is 4.90 Å². The molecule has 0 saturated carbocycles. The molecule has 0 fully saturated rings. The van der Waals surface area contributed by atoms with Crippen LogP contribution in [-0.4, -0.2) is 36.5 Å². The number of nitrogens with zero attached hydrogens (tertiary/aromatic N) is 1. The monoisotopic (exact) mass is 301 g/mol. The van der Waals surface area contributed by atoms with Gasteiger partial charge in [-0.05, 0) is 25.5 Å². The quantitative estimate of drug-likeness (QED) is 0.759. The molecule has 0 N–H and O–H groups in total. The number of benzene rings is 1. The Morgan fingerprint density at radius 3 is 2.65 bits per heavy atom. The maximum Gasteiger partial charge on any atom is 0.325 e. The molecule has 0 saturated heterocycles. The Labute approximate surface area is 122 Å². The Bertz CT molecular complexity index is 493. The maximum atomic E-state index is 13.8. The van der Waals surface area contributed by atoms with Crippen LogP contribution in [0.25, 0.3) is 0 Å². The molecular formula is C14H17ClFNO3. The highest BCUT2D eigenvalue weighted by molar-refractivity contribution is 6.31. The van der Waals surface area contributed by atoms with E-state index in [0.29, 0.717) is 13.0 Å². The Balaban J connectivity index is 2.93. The summed E-state index contributed by atoms with van der Waals surface area (Å²) in [6, 6.07) is 4.20. The number of hydrogen-bond acceptors (Lipinski definition) is 3. The van der Waals surface area contributed by atoms with Gasteiger partial charge >= 0.3 is 5.97 Å². The van der Waals surface area contributed by atoms with Gasteiger partial charge in [0.2, 0.25) is 0 Å². The van der Waals surface area contributed by atoms with E-state index < -0.39 is 17.7 Å². The highest BCUT2D eigenvalue weighted by Gasteiger charge is 2.22. The smallest absolute Gasteiger partial charge is 0.325 e. The topological polar surface area (TPSA) is 46.6 Å². The summed E-state index contributed by atoms with van der Waals surface area (Å²) in [6.07, 6.45) is 0.646. The summed E-state index contributed by atoms with van der Waals surface area (Å²) in [7, 11) is 0. The number of amides is 1. The second-order valence-electron chi connectivity index (χ2n) is 4.13. The fourth-order valence-corrected chi connectivity index (χ4v) is 1.90. The van der Waals surface area contributed by atoms with Crippen LogP contribution in [0.2, 0.25) is 5.02 Å². The third-order valence-corrected chi connectivity index (χ3v) is 2.88. The lowest BCUT2D eigenvalue weighted by Crippen LogP contribution is -2.37. The molecule has 1 amide bonds. The zero-order valence-corrected chi connectivity index (χ0v) is 12.2. The summed E-state index contributed by atoms with van der Waals surface area (Å²) in [5.41, 5.74) is -0.143. The van der Waals surface area contributed by atoms with Gasteiger partial charge in [-0.25, -0.2) is 4.39 Å². The molecule has 0 heterocycles. The SMILES string of the molecule is CCCN(CC(=O)OCC)C(=O)c1cccc(Cl)c1F. The van der Waals surface area contributed by atoms with Crippen molar-refractivity contribution in [2.75, 3.05) is 19.7 Å². The third kappa shape index (κ3) is 4.20. The first-order valence-electron chi connectivity index (χ1n) is 6.40. The molecule has 0 bridgehead atoms. The molecule has 20 heavy (non-hydrogen) atoms. The van der Waals surface area contributed by atoms with Crippen molar-refractivity contribution in [1.29, 1.82) is 0 Å². The molecule has 4 nitrogen and oxygen atoms in total. The van der Waals surface area contributed by atoms with E-state index in [1.807, 2.05) is 6.92 Å². The van der Waals surface area contributed by atoms with E-state index in [1.165, 1.54) is 23.1 Å². The van der Waals surface area contributed by atoms with E-state index in [2.05, 4.69) is 0 Å². The molecule has 0 radical (unpaired) electrons. The van der Waals surface area contributed by atoms with Gasteiger partial charge in [0.05, 0.1) is 17.2 Å². The van der Waals surface area contributed by atoms with E-state index in [9.17, 15) is 14.0 Å². The average molecular weight is 302 g/mol. The molecule has 6 heteroatoms. The van der Waals surface area contributed by atoms with Crippen LogP contribution in [0.3, 0.4) is 0 Å². The predicted octanol–water partition coefficient (Wildman–Crippen LogP) is 2.89.